The van der Waals surface area contributed by atoms with Crippen molar-refractivity contribution in [3.63, 3.8) is 0 Å². The van der Waals surface area contributed by atoms with Gasteiger partial charge < -0.3 is 5.32 Å². The summed E-state index contributed by atoms with van der Waals surface area (Å²) in [5.41, 5.74) is 0.552. The molecular weight excluding hydrogens is 253 g/mol. The summed E-state index contributed by atoms with van der Waals surface area (Å²) in [6, 6.07) is 4.51. The summed E-state index contributed by atoms with van der Waals surface area (Å²) in [6.45, 7) is 5.72. The first kappa shape index (κ1) is 15.0. The SMILES string of the molecule is CCC(C)(CCCl)NC(=O)c1cc(C)ccc1F. The van der Waals surface area contributed by atoms with Crippen molar-refractivity contribution in [1.82, 2.24) is 5.32 Å². The molecule has 0 aliphatic rings. The standard InChI is InChI=1S/C14H19ClFNO/c1-4-14(3,7-8-15)17-13(18)11-9-10(2)5-6-12(11)16/h5-6,9H,4,7-8H2,1-3H3,(H,17,18). The molecule has 0 saturated heterocycles. The minimum absolute atomic E-state index is 0.0873. The highest BCUT2D eigenvalue weighted by Crippen LogP contribution is 2.17. The lowest BCUT2D eigenvalue weighted by molar-refractivity contribution is 0.0897. The third-order valence-corrected chi connectivity index (χ3v) is 3.40. The van der Waals surface area contributed by atoms with Crippen molar-refractivity contribution in [2.45, 2.75) is 39.2 Å². The first-order chi connectivity index (χ1) is 8.41. The summed E-state index contributed by atoms with van der Waals surface area (Å²) in [4.78, 5) is 12.1. The van der Waals surface area contributed by atoms with E-state index >= 15 is 0 Å². The Morgan fingerprint density at radius 2 is 2.17 bits per heavy atom. The molecule has 0 aliphatic heterocycles. The smallest absolute Gasteiger partial charge is 0.254 e. The number of rotatable bonds is 5. The van der Waals surface area contributed by atoms with Gasteiger partial charge in [0.2, 0.25) is 0 Å². The van der Waals surface area contributed by atoms with Crippen LogP contribution in [-0.2, 0) is 0 Å². The predicted octanol–water partition coefficient (Wildman–Crippen LogP) is 3.66. The highest BCUT2D eigenvalue weighted by Gasteiger charge is 2.25. The lowest BCUT2D eigenvalue weighted by atomic mass is 9.94. The molecule has 0 saturated carbocycles. The van der Waals surface area contributed by atoms with Crippen molar-refractivity contribution < 1.29 is 9.18 Å². The minimum Gasteiger partial charge on any atom is -0.347 e. The van der Waals surface area contributed by atoms with E-state index < -0.39 is 11.4 Å². The molecule has 1 N–H and O–H groups in total. The van der Waals surface area contributed by atoms with Crippen molar-refractivity contribution in [3.8, 4) is 0 Å². The second kappa shape index (κ2) is 6.19. The number of nitrogens with one attached hydrogen (secondary N) is 1. The van der Waals surface area contributed by atoms with Crippen LogP contribution in [0.1, 0.15) is 42.6 Å². The molecule has 1 unspecified atom stereocenters. The van der Waals surface area contributed by atoms with E-state index in [1.54, 1.807) is 12.1 Å². The number of carbonyl (C=O) groups is 1. The topological polar surface area (TPSA) is 29.1 Å². The average Bonchev–Trinajstić information content (AvgIpc) is 2.32. The second-order valence-corrected chi connectivity index (χ2v) is 5.17. The molecule has 0 fully saturated rings. The van der Waals surface area contributed by atoms with Crippen LogP contribution in [-0.4, -0.2) is 17.3 Å². The van der Waals surface area contributed by atoms with Gasteiger partial charge in [0.15, 0.2) is 0 Å². The van der Waals surface area contributed by atoms with E-state index in [4.69, 9.17) is 11.6 Å². The fourth-order valence-electron chi connectivity index (χ4n) is 1.69. The maximum absolute atomic E-state index is 13.6. The van der Waals surface area contributed by atoms with Gasteiger partial charge in [0.1, 0.15) is 5.82 Å². The van der Waals surface area contributed by atoms with Crippen LogP contribution in [0.3, 0.4) is 0 Å². The van der Waals surface area contributed by atoms with Gasteiger partial charge in [-0.15, -0.1) is 11.6 Å². The molecule has 1 atom stereocenters. The molecule has 1 aromatic carbocycles. The molecule has 0 spiro atoms. The number of aryl methyl sites for hydroxylation is 1. The van der Waals surface area contributed by atoms with E-state index in [-0.39, 0.29) is 11.5 Å². The molecular formula is C14H19ClFNO. The van der Waals surface area contributed by atoms with Gasteiger partial charge in [-0.3, -0.25) is 4.79 Å². The van der Waals surface area contributed by atoms with Gasteiger partial charge in [-0.25, -0.2) is 4.39 Å². The first-order valence-electron chi connectivity index (χ1n) is 6.06. The number of halogens is 2. The van der Waals surface area contributed by atoms with Crippen LogP contribution >= 0.6 is 11.6 Å². The molecule has 1 aromatic rings. The zero-order valence-corrected chi connectivity index (χ0v) is 11.8. The number of alkyl halides is 1. The monoisotopic (exact) mass is 271 g/mol. The molecule has 1 rings (SSSR count). The third kappa shape index (κ3) is 3.70. The molecule has 0 heterocycles. The summed E-state index contributed by atoms with van der Waals surface area (Å²) in [5, 5.41) is 2.86. The fourth-order valence-corrected chi connectivity index (χ4v) is 2.11. The highest BCUT2D eigenvalue weighted by atomic mass is 35.5. The van der Waals surface area contributed by atoms with Crippen molar-refractivity contribution in [2.24, 2.45) is 0 Å². The number of hydrogen-bond acceptors (Lipinski definition) is 1. The Labute approximate surface area is 113 Å². The molecule has 0 bridgehead atoms. The molecule has 2 nitrogen and oxygen atoms in total. The molecule has 0 aromatic heterocycles. The Kier molecular flexibility index (Phi) is 5.15. The van der Waals surface area contributed by atoms with Gasteiger partial charge in [-0.2, -0.15) is 0 Å². The summed E-state index contributed by atoms with van der Waals surface area (Å²) >= 11 is 5.73. The summed E-state index contributed by atoms with van der Waals surface area (Å²) in [7, 11) is 0. The highest BCUT2D eigenvalue weighted by molar-refractivity contribution is 6.17. The molecule has 100 valence electrons. The predicted molar refractivity (Wildman–Crippen MR) is 72.6 cm³/mol. The van der Waals surface area contributed by atoms with Gasteiger partial charge in [0.25, 0.3) is 5.91 Å². The zero-order chi connectivity index (χ0) is 13.8. The van der Waals surface area contributed by atoms with E-state index in [2.05, 4.69) is 5.32 Å². The van der Waals surface area contributed by atoms with Crippen LogP contribution in [0.5, 0.6) is 0 Å². The molecule has 1 amide bonds. The Bertz CT molecular complexity index is 436. The van der Waals surface area contributed by atoms with E-state index in [0.717, 1.165) is 12.0 Å². The molecule has 4 heteroatoms. The molecule has 0 aliphatic carbocycles. The quantitative estimate of drug-likeness (QED) is 0.814. The Hall–Kier alpha value is -1.09. The third-order valence-electron chi connectivity index (χ3n) is 3.21. The van der Waals surface area contributed by atoms with E-state index in [9.17, 15) is 9.18 Å². The second-order valence-electron chi connectivity index (χ2n) is 4.79. The van der Waals surface area contributed by atoms with Crippen LogP contribution in [0.2, 0.25) is 0 Å². The minimum atomic E-state index is -0.498. The van der Waals surface area contributed by atoms with Gasteiger partial charge in [0, 0.05) is 11.4 Å². The fraction of sp³-hybridized carbons (Fsp3) is 0.500. The molecule has 0 radical (unpaired) electrons. The molecule has 18 heavy (non-hydrogen) atoms. The van der Waals surface area contributed by atoms with Crippen LogP contribution in [0.15, 0.2) is 18.2 Å². The van der Waals surface area contributed by atoms with Gasteiger partial charge >= 0.3 is 0 Å². The van der Waals surface area contributed by atoms with Crippen LogP contribution in [0, 0.1) is 12.7 Å². The lowest BCUT2D eigenvalue weighted by Crippen LogP contribution is -2.46. The Morgan fingerprint density at radius 1 is 1.50 bits per heavy atom. The lowest BCUT2D eigenvalue weighted by Gasteiger charge is -2.29. The van der Waals surface area contributed by atoms with Crippen molar-refractivity contribution in [3.05, 3.63) is 35.1 Å². The van der Waals surface area contributed by atoms with Gasteiger partial charge in [-0.1, -0.05) is 18.6 Å². The van der Waals surface area contributed by atoms with Crippen molar-refractivity contribution >= 4 is 17.5 Å². The van der Waals surface area contributed by atoms with Crippen molar-refractivity contribution in [2.75, 3.05) is 5.88 Å². The Balaban J connectivity index is 2.90. The first-order valence-corrected chi connectivity index (χ1v) is 6.60. The zero-order valence-electron chi connectivity index (χ0n) is 11.0. The average molecular weight is 272 g/mol. The summed E-state index contributed by atoms with van der Waals surface area (Å²) < 4.78 is 13.6. The van der Waals surface area contributed by atoms with E-state index in [1.165, 1.54) is 6.07 Å². The van der Waals surface area contributed by atoms with Crippen LogP contribution in [0.25, 0.3) is 0 Å². The maximum Gasteiger partial charge on any atom is 0.254 e. The van der Waals surface area contributed by atoms with Crippen LogP contribution < -0.4 is 5.32 Å². The Morgan fingerprint density at radius 3 is 2.72 bits per heavy atom. The number of carbonyl (C=O) groups excluding carboxylic acids is 1. The van der Waals surface area contributed by atoms with Gasteiger partial charge in [-0.05, 0) is 38.8 Å². The summed E-state index contributed by atoms with van der Waals surface area (Å²) in [6.07, 6.45) is 1.41. The maximum atomic E-state index is 13.6. The largest absolute Gasteiger partial charge is 0.347 e. The number of amides is 1. The van der Waals surface area contributed by atoms with E-state index in [1.807, 2.05) is 20.8 Å². The van der Waals surface area contributed by atoms with Gasteiger partial charge in [0.05, 0.1) is 5.56 Å². The van der Waals surface area contributed by atoms with Crippen LogP contribution in [0.4, 0.5) is 4.39 Å². The number of benzene rings is 1. The van der Waals surface area contributed by atoms with Crippen molar-refractivity contribution in [1.29, 1.82) is 0 Å². The van der Waals surface area contributed by atoms with E-state index in [0.29, 0.717) is 12.3 Å². The number of hydrogen-bond donors (Lipinski definition) is 1. The normalized spacial score (nSPS) is 14.1. The summed E-state index contributed by atoms with van der Waals surface area (Å²) in [5.74, 6) is -0.422.